The van der Waals surface area contributed by atoms with Gasteiger partial charge in [-0.2, -0.15) is 0 Å². The monoisotopic (exact) mass is 401 g/mol. The molecular weight excluding hydrogens is 380 g/mol. The Bertz CT molecular complexity index is 957. The molecule has 3 N–H and O–H groups in total. The van der Waals surface area contributed by atoms with E-state index >= 15 is 0 Å². The van der Waals surface area contributed by atoms with Gasteiger partial charge in [-0.25, -0.2) is 13.6 Å². The van der Waals surface area contributed by atoms with Crippen LogP contribution >= 0.6 is 0 Å². The first kappa shape index (κ1) is 19.2. The average molecular weight is 401 g/mol. The number of aryl methyl sites for hydroxylation is 2. The van der Waals surface area contributed by atoms with E-state index in [1.54, 1.807) is 6.07 Å². The fourth-order valence-electron chi connectivity index (χ4n) is 4.05. The molecule has 0 bridgehead atoms. The topological polar surface area (TPSA) is 79.5 Å². The number of nitrogens with one attached hydrogen (secondary N) is 3. The van der Waals surface area contributed by atoms with Crippen molar-refractivity contribution in [3.05, 3.63) is 58.7 Å². The van der Waals surface area contributed by atoms with Gasteiger partial charge in [0, 0.05) is 35.8 Å². The summed E-state index contributed by atoms with van der Waals surface area (Å²) in [6, 6.07) is 6.11. The Balaban J connectivity index is 1.51. The number of ether oxygens (including phenoxy) is 1. The molecule has 1 fully saturated rings. The smallest absolute Gasteiger partial charge is 0.319 e. The third-order valence-electron chi connectivity index (χ3n) is 5.48. The van der Waals surface area contributed by atoms with Crippen LogP contribution in [-0.4, -0.2) is 31.6 Å². The molecule has 2 aromatic carbocycles. The van der Waals surface area contributed by atoms with E-state index in [2.05, 4.69) is 16.0 Å². The number of rotatable bonds is 4. The fourth-order valence-corrected chi connectivity index (χ4v) is 4.05. The second-order valence-corrected chi connectivity index (χ2v) is 7.27. The summed E-state index contributed by atoms with van der Waals surface area (Å²) in [5.74, 6) is -2.98. The van der Waals surface area contributed by atoms with Gasteiger partial charge in [-0.15, -0.1) is 0 Å². The van der Waals surface area contributed by atoms with Gasteiger partial charge in [0.2, 0.25) is 5.91 Å². The number of halogens is 2. The number of fused-ring (bicyclic) bond motifs is 1. The minimum Gasteiger partial charge on any atom is -0.497 e. The Morgan fingerprint density at radius 1 is 1.14 bits per heavy atom. The molecule has 0 unspecified atom stereocenters. The van der Waals surface area contributed by atoms with Crippen molar-refractivity contribution in [1.29, 1.82) is 0 Å². The zero-order valence-corrected chi connectivity index (χ0v) is 15.9. The van der Waals surface area contributed by atoms with Crippen LogP contribution in [0, 0.1) is 11.6 Å². The quantitative estimate of drug-likeness (QED) is 0.737. The molecule has 8 heteroatoms. The second kappa shape index (κ2) is 7.69. The SMILES string of the molecule is COc1cc(F)c([C@@H]2CNC(=O)[C@H]2NC(=O)Nc2ccc3c(c2)CCC3)c(F)c1. The molecule has 6 nitrogen and oxygen atoms in total. The third-order valence-corrected chi connectivity index (χ3v) is 5.48. The normalized spacial score (nSPS) is 20.2. The first-order chi connectivity index (χ1) is 14.0. The van der Waals surface area contributed by atoms with Crippen molar-refractivity contribution in [1.82, 2.24) is 10.6 Å². The summed E-state index contributed by atoms with van der Waals surface area (Å²) in [5, 5.41) is 7.81. The zero-order chi connectivity index (χ0) is 20.5. The average Bonchev–Trinajstić information content (AvgIpc) is 3.28. The highest BCUT2D eigenvalue weighted by molar-refractivity contribution is 5.95. The molecule has 1 aliphatic carbocycles. The van der Waals surface area contributed by atoms with E-state index in [0.717, 1.165) is 31.4 Å². The number of amides is 3. The Labute approximate surface area is 166 Å². The molecule has 29 heavy (non-hydrogen) atoms. The van der Waals surface area contributed by atoms with Crippen LogP contribution in [0.3, 0.4) is 0 Å². The predicted octanol–water partition coefficient (Wildman–Crippen LogP) is 2.87. The minimum absolute atomic E-state index is 0.0167. The van der Waals surface area contributed by atoms with Gasteiger partial charge in [-0.1, -0.05) is 6.07 Å². The van der Waals surface area contributed by atoms with Crippen LogP contribution in [0.25, 0.3) is 0 Å². The lowest BCUT2D eigenvalue weighted by atomic mass is 9.93. The van der Waals surface area contributed by atoms with Crippen molar-refractivity contribution in [2.45, 2.75) is 31.2 Å². The van der Waals surface area contributed by atoms with E-state index < -0.39 is 35.5 Å². The number of anilines is 1. The van der Waals surface area contributed by atoms with Gasteiger partial charge in [0.1, 0.15) is 23.4 Å². The van der Waals surface area contributed by atoms with Gasteiger partial charge < -0.3 is 20.7 Å². The second-order valence-electron chi connectivity index (χ2n) is 7.27. The van der Waals surface area contributed by atoms with Gasteiger partial charge in [-0.05, 0) is 42.5 Å². The van der Waals surface area contributed by atoms with E-state index in [1.807, 2.05) is 12.1 Å². The third kappa shape index (κ3) is 3.74. The first-order valence-electron chi connectivity index (χ1n) is 9.46. The van der Waals surface area contributed by atoms with Crippen LogP contribution in [0.15, 0.2) is 30.3 Å². The summed E-state index contributed by atoms with van der Waals surface area (Å²) in [5.41, 5.74) is 2.82. The van der Waals surface area contributed by atoms with Gasteiger partial charge in [0.05, 0.1) is 7.11 Å². The standard InChI is InChI=1S/C21H21F2N3O3/c1-29-14-8-16(22)18(17(23)9-14)15-10-24-20(27)19(15)26-21(28)25-13-6-5-11-3-2-4-12(11)7-13/h5-9,15,19H,2-4,10H2,1H3,(H,24,27)(H2,25,26,28)/t15-,19-/m0/s1. The number of methoxy groups -OCH3 is 1. The zero-order valence-electron chi connectivity index (χ0n) is 15.9. The molecule has 1 heterocycles. The maximum absolute atomic E-state index is 14.5. The van der Waals surface area contributed by atoms with Crippen LogP contribution < -0.4 is 20.7 Å². The largest absolute Gasteiger partial charge is 0.497 e. The Morgan fingerprint density at radius 2 is 1.86 bits per heavy atom. The van der Waals surface area contributed by atoms with Crippen molar-refractivity contribution < 1.29 is 23.1 Å². The molecule has 0 saturated carbocycles. The summed E-state index contributed by atoms with van der Waals surface area (Å²) >= 11 is 0. The molecule has 2 aliphatic rings. The highest BCUT2D eigenvalue weighted by Gasteiger charge is 2.40. The van der Waals surface area contributed by atoms with Crippen LogP contribution in [0.1, 0.15) is 29.0 Å². The number of urea groups is 1. The lowest BCUT2D eigenvalue weighted by Crippen LogP contribution is -2.45. The van der Waals surface area contributed by atoms with Crippen molar-refractivity contribution in [3.8, 4) is 5.75 Å². The van der Waals surface area contributed by atoms with E-state index in [1.165, 1.54) is 18.2 Å². The molecule has 0 radical (unpaired) electrons. The van der Waals surface area contributed by atoms with E-state index in [0.29, 0.717) is 5.69 Å². The Hall–Kier alpha value is -3.16. The predicted molar refractivity (Wildman–Crippen MR) is 103 cm³/mol. The Kier molecular flexibility index (Phi) is 5.08. The first-order valence-corrected chi connectivity index (χ1v) is 9.46. The number of carbonyl (C=O) groups is 2. The highest BCUT2D eigenvalue weighted by Crippen LogP contribution is 2.31. The summed E-state index contributed by atoms with van der Waals surface area (Å²) < 4.78 is 33.8. The van der Waals surface area contributed by atoms with Crippen LogP contribution in [0.5, 0.6) is 5.75 Å². The fraction of sp³-hybridized carbons (Fsp3) is 0.333. The van der Waals surface area contributed by atoms with Gasteiger partial charge in [0.25, 0.3) is 0 Å². The lowest BCUT2D eigenvalue weighted by Gasteiger charge is -2.20. The number of carbonyl (C=O) groups excluding carboxylic acids is 2. The van der Waals surface area contributed by atoms with Crippen molar-refractivity contribution in [2.75, 3.05) is 19.0 Å². The van der Waals surface area contributed by atoms with E-state index in [9.17, 15) is 18.4 Å². The van der Waals surface area contributed by atoms with Crippen molar-refractivity contribution in [3.63, 3.8) is 0 Å². The van der Waals surface area contributed by atoms with Gasteiger partial charge in [-0.3, -0.25) is 4.79 Å². The lowest BCUT2D eigenvalue weighted by molar-refractivity contribution is -0.120. The number of benzene rings is 2. The minimum atomic E-state index is -1.10. The Morgan fingerprint density at radius 3 is 2.59 bits per heavy atom. The molecule has 0 aromatic heterocycles. The summed E-state index contributed by atoms with van der Waals surface area (Å²) in [4.78, 5) is 24.7. The van der Waals surface area contributed by atoms with E-state index in [4.69, 9.17) is 4.74 Å². The number of hydrogen-bond acceptors (Lipinski definition) is 3. The van der Waals surface area contributed by atoms with Crippen molar-refractivity contribution in [2.24, 2.45) is 0 Å². The molecule has 0 spiro atoms. The van der Waals surface area contributed by atoms with Crippen LogP contribution in [0.2, 0.25) is 0 Å². The van der Waals surface area contributed by atoms with Crippen LogP contribution in [-0.2, 0) is 17.6 Å². The van der Waals surface area contributed by atoms with Crippen molar-refractivity contribution >= 4 is 17.6 Å². The molecule has 4 rings (SSSR count). The molecule has 1 saturated heterocycles. The molecular formula is C21H21F2N3O3. The molecule has 2 aromatic rings. The van der Waals surface area contributed by atoms with Gasteiger partial charge >= 0.3 is 6.03 Å². The molecule has 3 amide bonds. The summed E-state index contributed by atoms with van der Waals surface area (Å²) in [6.45, 7) is 0.0167. The van der Waals surface area contributed by atoms with Gasteiger partial charge in [0.15, 0.2) is 0 Å². The molecule has 1 aliphatic heterocycles. The molecule has 152 valence electrons. The number of hydrogen-bond donors (Lipinski definition) is 3. The molecule has 2 atom stereocenters. The highest BCUT2D eigenvalue weighted by atomic mass is 19.1. The summed E-state index contributed by atoms with van der Waals surface area (Å²) in [7, 11) is 1.31. The van der Waals surface area contributed by atoms with Crippen LogP contribution in [0.4, 0.5) is 19.3 Å². The summed E-state index contributed by atoms with van der Waals surface area (Å²) in [6.07, 6.45) is 3.09. The maximum Gasteiger partial charge on any atom is 0.319 e. The van der Waals surface area contributed by atoms with E-state index in [-0.39, 0.29) is 17.9 Å². The maximum atomic E-state index is 14.5.